The Morgan fingerprint density at radius 1 is 0.909 bits per heavy atom. The first-order valence-corrected chi connectivity index (χ1v) is 8.01. The number of hydrogen-bond acceptors (Lipinski definition) is 3. The molecule has 1 fully saturated rings. The SMILES string of the molecule is COc1ccc(-c2ccc(CCN3CCNCC3)cc2)cc1. The lowest BCUT2D eigenvalue weighted by atomic mass is 10.0. The van der Waals surface area contributed by atoms with E-state index >= 15 is 0 Å². The largest absolute Gasteiger partial charge is 0.497 e. The van der Waals surface area contributed by atoms with E-state index in [9.17, 15) is 0 Å². The van der Waals surface area contributed by atoms with Gasteiger partial charge in [-0.1, -0.05) is 36.4 Å². The predicted octanol–water partition coefficient (Wildman–Crippen LogP) is 2.81. The van der Waals surface area contributed by atoms with E-state index in [0.717, 1.165) is 31.8 Å². The molecule has 3 heteroatoms. The summed E-state index contributed by atoms with van der Waals surface area (Å²) in [6.07, 6.45) is 1.13. The highest BCUT2D eigenvalue weighted by Crippen LogP contribution is 2.22. The van der Waals surface area contributed by atoms with Crippen LogP contribution in [0, 0.1) is 0 Å². The monoisotopic (exact) mass is 296 g/mol. The van der Waals surface area contributed by atoms with Crippen molar-refractivity contribution in [3.8, 4) is 16.9 Å². The van der Waals surface area contributed by atoms with Crippen molar-refractivity contribution in [1.29, 1.82) is 0 Å². The molecule has 0 atom stereocenters. The first-order chi connectivity index (χ1) is 10.8. The molecule has 0 saturated carbocycles. The molecule has 3 rings (SSSR count). The maximum Gasteiger partial charge on any atom is 0.118 e. The van der Waals surface area contributed by atoms with Gasteiger partial charge in [0.05, 0.1) is 7.11 Å². The first-order valence-electron chi connectivity index (χ1n) is 8.01. The summed E-state index contributed by atoms with van der Waals surface area (Å²) in [6, 6.07) is 17.2. The molecule has 116 valence electrons. The summed E-state index contributed by atoms with van der Waals surface area (Å²) in [7, 11) is 1.70. The lowest BCUT2D eigenvalue weighted by molar-refractivity contribution is 0.244. The second-order valence-electron chi connectivity index (χ2n) is 5.77. The molecule has 0 aromatic heterocycles. The molecule has 0 bridgehead atoms. The van der Waals surface area contributed by atoms with Gasteiger partial charge in [0.1, 0.15) is 5.75 Å². The minimum absolute atomic E-state index is 0.899. The van der Waals surface area contributed by atoms with Crippen molar-refractivity contribution in [2.75, 3.05) is 39.8 Å². The number of methoxy groups -OCH3 is 1. The molecular formula is C19H24N2O. The van der Waals surface area contributed by atoms with E-state index in [4.69, 9.17) is 4.74 Å². The van der Waals surface area contributed by atoms with Crippen LogP contribution in [0.5, 0.6) is 5.75 Å². The standard InChI is InChI=1S/C19H24N2O/c1-22-19-8-6-18(7-9-19)17-4-2-16(3-5-17)10-13-21-14-11-20-12-15-21/h2-9,20H,10-15H2,1H3. The highest BCUT2D eigenvalue weighted by atomic mass is 16.5. The summed E-state index contributed by atoms with van der Waals surface area (Å²) >= 11 is 0. The van der Waals surface area contributed by atoms with Crippen molar-refractivity contribution >= 4 is 0 Å². The lowest BCUT2D eigenvalue weighted by Gasteiger charge is -2.27. The average Bonchev–Trinajstić information content (AvgIpc) is 2.61. The molecule has 2 aromatic carbocycles. The Bertz CT molecular complexity index is 571. The summed E-state index contributed by atoms with van der Waals surface area (Å²) in [6.45, 7) is 5.74. The fourth-order valence-electron chi connectivity index (χ4n) is 2.87. The molecule has 1 aliphatic rings. The summed E-state index contributed by atoms with van der Waals surface area (Å²) in [5.74, 6) is 0.899. The molecule has 0 spiro atoms. The van der Waals surface area contributed by atoms with Gasteiger partial charge in [0, 0.05) is 32.7 Å². The van der Waals surface area contributed by atoms with Crippen molar-refractivity contribution in [3.63, 3.8) is 0 Å². The van der Waals surface area contributed by atoms with Crippen molar-refractivity contribution in [3.05, 3.63) is 54.1 Å². The molecule has 0 radical (unpaired) electrons. The number of ether oxygens (including phenoxy) is 1. The van der Waals surface area contributed by atoms with Crippen molar-refractivity contribution in [2.45, 2.75) is 6.42 Å². The third kappa shape index (κ3) is 3.87. The Hall–Kier alpha value is -1.84. The van der Waals surface area contributed by atoms with Gasteiger partial charge in [0.2, 0.25) is 0 Å². The van der Waals surface area contributed by atoms with Crippen LogP contribution in [0.1, 0.15) is 5.56 Å². The lowest BCUT2D eigenvalue weighted by Crippen LogP contribution is -2.44. The van der Waals surface area contributed by atoms with Crippen LogP contribution in [0.4, 0.5) is 0 Å². The molecule has 0 aliphatic carbocycles. The van der Waals surface area contributed by atoms with Gasteiger partial charge in [0.25, 0.3) is 0 Å². The number of nitrogens with one attached hydrogen (secondary N) is 1. The second-order valence-corrected chi connectivity index (χ2v) is 5.77. The maximum atomic E-state index is 5.20. The van der Waals surface area contributed by atoms with Gasteiger partial charge in [-0.05, 0) is 35.2 Å². The maximum absolute atomic E-state index is 5.20. The zero-order chi connectivity index (χ0) is 15.2. The summed E-state index contributed by atoms with van der Waals surface area (Å²) in [5.41, 5.74) is 3.90. The smallest absolute Gasteiger partial charge is 0.118 e. The van der Waals surface area contributed by atoms with Crippen molar-refractivity contribution in [2.24, 2.45) is 0 Å². The fraction of sp³-hybridized carbons (Fsp3) is 0.368. The van der Waals surface area contributed by atoms with Gasteiger partial charge in [-0.2, -0.15) is 0 Å². The zero-order valence-electron chi connectivity index (χ0n) is 13.2. The van der Waals surface area contributed by atoms with Crippen LogP contribution in [0.25, 0.3) is 11.1 Å². The van der Waals surface area contributed by atoms with Gasteiger partial charge in [0.15, 0.2) is 0 Å². The number of piperazine rings is 1. The third-order valence-corrected chi connectivity index (χ3v) is 4.30. The summed E-state index contributed by atoms with van der Waals surface area (Å²) in [4.78, 5) is 2.54. The summed E-state index contributed by atoms with van der Waals surface area (Å²) in [5, 5.41) is 3.40. The molecule has 22 heavy (non-hydrogen) atoms. The van der Waals surface area contributed by atoms with Crippen LogP contribution in [0.15, 0.2) is 48.5 Å². The van der Waals surface area contributed by atoms with Crippen LogP contribution in [-0.2, 0) is 6.42 Å². The van der Waals surface area contributed by atoms with Crippen LogP contribution in [0.2, 0.25) is 0 Å². The number of rotatable bonds is 5. The molecule has 2 aromatic rings. The zero-order valence-corrected chi connectivity index (χ0v) is 13.2. The Balaban J connectivity index is 1.59. The Morgan fingerprint density at radius 3 is 2.09 bits per heavy atom. The van der Waals surface area contributed by atoms with Gasteiger partial charge >= 0.3 is 0 Å². The van der Waals surface area contributed by atoms with E-state index in [2.05, 4.69) is 46.6 Å². The molecule has 1 aliphatic heterocycles. The normalized spacial score (nSPS) is 15.7. The van der Waals surface area contributed by atoms with Crippen LogP contribution in [0.3, 0.4) is 0 Å². The molecule has 1 saturated heterocycles. The molecule has 0 unspecified atom stereocenters. The van der Waals surface area contributed by atoms with E-state index in [0.29, 0.717) is 0 Å². The van der Waals surface area contributed by atoms with E-state index in [1.54, 1.807) is 7.11 Å². The van der Waals surface area contributed by atoms with Crippen LogP contribution >= 0.6 is 0 Å². The number of benzene rings is 2. The Morgan fingerprint density at radius 2 is 1.50 bits per heavy atom. The van der Waals surface area contributed by atoms with Crippen molar-refractivity contribution < 1.29 is 4.74 Å². The van der Waals surface area contributed by atoms with E-state index in [1.807, 2.05) is 12.1 Å². The minimum atomic E-state index is 0.899. The minimum Gasteiger partial charge on any atom is -0.497 e. The fourth-order valence-corrected chi connectivity index (χ4v) is 2.87. The average molecular weight is 296 g/mol. The molecule has 1 N–H and O–H groups in total. The van der Waals surface area contributed by atoms with Gasteiger partial charge < -0.3 is 15.0 Å². The molecule has 3 nitrogen and oxygen atoms in total. The third-order valence-electron chi connectivity index (χ3n) is 4.30. The van der Waals surface area contributed by atoms with Gasteiger partial charge in [-0.3, -0.25) is 0 Å². The topological polar surface area (TPSA) is 24.5 Å². The first kappa shape index (κ1) is 15.1. The van der Waals surface area contributed by atoms with Crippen molar-refractivity contribution in [1.82, 2.24) is 10.2 Å². The number of nitrogens with zero attached hydrogens (tertiary/aromatic N) is 1. The van der Waals surface area contributed by atoms with E-state index in [1.165, 1.54) is 29.8 Å². The predicted molar refractivity (Wildman–Crippen MR) is 91.4 cm³/mol. The van der Waals surface area contributed by atoms with E-state index in [-0.39, 0.29) is 0 Å². The van der Waals surface area contributed by atoms with Gasteiger partial charge in [-0.25, -0.2) is 0 Å². The molecule has 0 amide bonds. The summed E-state index contributed by atoms with van der Waals surface area (Å²) < 4.78 is 5.20. The molecule has 1 heterocycles. The second kappa shape index (κ2) is 7.43. The van der Waals surface area contributed by atoms with Crippen LogP contribution < -0.4 is 10.1 Å². The van der Waals surface area contributed by atoms with E-state index < -0.39 is 0 Å². The quantitative estimate of drug-likeness (QED) is 0.918. The molecular weight excluding hydrogens is 272 g/mol. The highest BCUT2D eigenvalue weighted by molar-refractivity contribution is 5.64. The highest BCUT2D eigenvalue weighted by Gasteiger charge is 2.08. The number of hydrogen-bond donors (Lipinski definition) is 1. The Labute approximate surface area is 132 Å². The van der Waals surface area contributed by atoms with Crippen LogP contribution in [-0.4, -0.2) is 44.7 Å². The van der Waals surface area contributed by atoms with Gasteiger partial charge in [-0.15, -0.1) is 0 Å². The Kier molecular flexibility index (Phi) is 5.09.